The fourth-order valence-corrected chi connectivity index (χ4v) is 2.47. The third kappa shape index (κ3) is 6.03. The summed E-state index contributed by atoms with van der Waals surface area (Å²) in [5, 5.41) is 6.65. The van der Waals surface area contributed by atoms with Gasteiger partial charge in [-0.15, -0.1) is 0 Å². The quantitative estimate of drug-likeness (QED) is 0.572. The predicted molar refractivity (Wildman–Crippen MR) is 103 cm³/mol. The first kappa shape index (κ1) is 18.6. The van der Waals surface area contributed by atoms with Crippen molar-refractivity contribution in [2.75, 3.05) is 27.3 Å². The third-order valence-electron chi connectivity index (χ3n) is 3.76. The first-order valence-corrected chi connectivity index (χ1v) is 8.55. The lowest BCUT2D eigenvalue weighted by molar-refractivity contribution is 0.310. The Morgan fingerprint density at radius 2 is 1.80 bits per heavy atom. The van der Waals surface area contributed by atoms with Crippen molar-refractivity contribution >= 4 is 5.96 Å². The van der Waals surface area contributed by atoms with Gasteiger partial charge in [0.2, 0.25) is 0 Å². The summed E-state index contributed by atoms with van der Waals surface area (Å²) >= 11 is 0. The summed E-state index contributed by atoms with van der Waals surface area (Å²) in [5.74, 6) is 2.29. The molecule has 2 rings (SSSR count). The van der Waals surface area contributed by atoms with E-state index in [-0.39, 0.29) is 0 Å². The van der Waals surface area contributed by atoms with Crippen LogP contribution in [0.25, 0.3) is 0 Å². The summed E-state index contributed by atoms with van der Waals surface area (Å²) < 4.78 is 10.9. The molecule has 5 heteroatoms. The molecule has 0 amide bonds. The van der Waals surface area contributed by atoms with E-state index in [0.29, 0.717) is 13.2 Å². The number of hydrogen-bond acceptors (Lipinski definition) is 3. The Hall–Kier alpha value is -2.69. The van der Waals surface area contributed by atoms with Crippen molar-refractivity contribution < 1.29 is 9.47 Å². The molecule has 0 aromatic heterocycles. The molecule has 0 aliphatic carbocycles. The zero-order chi connectivity index (χ0) is 17.9. The van der Waals surface area contributed by atoms with Gasteiger partial charge in [-0.05, 0) is 36.6 Å². The van der Waals surface area contributed by atoms with Crippen LogP contribution in [-0.4, -0.2) is 33.3 Å². The van der Waals surface area contributed by atoms with Crippen molar-refractivity contribution in [1.82, 2.24) is 10.6 Å². The Kier molecular flexibility index (Phi) is 7.63. The molecule has 0 fully saturated rings. The number of benzene rings is 2. The second kappa shape index (κ2) is 10.2. The highest BCUT2D eigenvalue weighted by Crippen LogP contribution is 2.27. The van der Waals surface area contributed by atoms with Crippen molar-refractivity contribution in [2.24, 2.45) is 4.99 Å². The number of methoxy groups -OCH3 is 1. The van der Waals surface area contributed by atoms with Crippen LogP contribution >= 0.6 is 0 Å². The van der Waals surface area contributed by atoms with Crippen LogP contribution in [0.15, 0.2) is 53.5 Å². The summed E-state index contributed by atoms with van der Waals surface area (Å²) in [7, 11) is 3.43. The van der Waals surface area contributed by atoms with E-state index in [9.17, 15) is 0 Å². The maximum atomic E-state index is 5.54. The zero-order valence-corrected chi connectivity index (χ0v) is 15.2. The van der Waals surface area contributed by atoms with Crippen LogP contribution < -0.4 is 20.1 Å². The Bertz CT molecular complexity index is 672. The van der Waals surface area contributed by atoms with Crippen LogP contribution in [0.2, 0.25) is 0 Å². The van der Waals surface area contributed by atoms with E-state index in [2.05, 4.69) is 39.9 Å². The molecule has 0 saturated carbocycles. The SMILES string of the molecule is CCOc1ccc(CNC(=NC)NCCc2ccccc2)cc1OC. The topological polar surface area (TPSA) is 54.9 Å². The number of nitrogens with zero attached hydrogens (tertiary/aromatic N) is 1. The molecule has 2 aromatic carbocycles. The standard InChI is InChI=1S/C20H27N3O2/c1-4-25-18-11-10-17(14-19(18)24-3)15-23-20(21-2)22-13-12-16-8-6-5-7-9-16/h5-11,14H,4,12-13,15H2,1-3H3,(H2,21,22,23). The predicted octanol–water partition coefficient (Wildman–Crippen LogP) is 3.00. The van der Waals surface area contributed by atoms with Crippen LogP contribution in [0.3, 0.4) is 0 Å². The van der Waals surface area contributed by atoms with Gasteiger partial charge < -0.3 is 20.1 Å². The Labute approximate surface area is 150 Å². The molecule has 5 nitrogen and oxygen atoms in total. The van der Waals surface area contributed by atoms with Gasteiger partial charge in [-0.1, -0.05) is 36.4 Å². The number of ether oxygens (including phenoxy) is 2. The lowest BCUT2D eigenvalue weighted by Gasteiger charge is -2.14. The molecule has 0 atom stereocenters. The average Bonchev–Trinajstić information content (AvgIpc) is 2.66. The van der Waals surface area contributed by atoms with E-state index in [0.717, 1.165) is 36.0 Å². The molecule has 0 radical (unpaired) electrons. The van der Waals surface area contributed by atoms with Crippen molar-refractivity contribution in [3.05, 3.63) is 59.7 Å². The fourth-order valence-electron chi connectivity index (χ4n) is 2.47. The van der Waals surface area contributed by atoms with Gasteiger partial charge in [0.25, 0.3) is 0 Å². The highest BCUT2D eigenvalue weighted by Gasteiger charge is 2.06. The maximum Gasteiger partial charge on any atom is 0.191 e. The summed E-state index contributed by atoms with van der Waals surface area (Å²) in [6, 6.07) is 16.3. The molecule has 0 unspecified atom stereocenters. The second-order valence-electron chi connectivity index (χ2n) is 5.51. The first-order chi connectivity index (χ1) is 12.3. The summed E-state index contributed by atoms with van der Waals surface area (Å²) in [6.45, 7) is 4.07. The molecular formula is C20H27N3O2. The van der Waals surface area contributed by atoms with Gasteiger partial charge in [0, 0.05) is 20.1 Å². The maximum absolute atomic E-state index is 5.54. The Balaban J connectivity index is 1.84. The number of hydrogen-bond donors (Lipinski definition) is 2. The minimum absolute atomic E-state index is 0.617. The summed E-state index contributed by atoms with van der Waals surface area (Å²) in [5.41, 5.74) is 2.41. The van der Waals surface area contributed by atoms with Crippen LogP contribution in [0.1, 0.15) is 18.1 Å². The number of nitrogens with one attached hydrogen (secondary N) is 2. The van der Waals surface area contributed by atoms with Gasteiger partial charge in [-0.2, -0.15) is 0 Å². The second-order valence-corrected chi connectivity index (χ2v) is 5.51. The van der Waals surface area contributed by atoms with Crippen molar-refractivity contribution in [2.45, 2.75) is 19.9 Å². The molecular weight excluding hydrogens is 314 g/mol. The molecule has 25 heavy (non-hydrogen) atoms. The monoisotopic (exact) mass is 341 g/mol. The van der Waals surface area contributed by atoms with Gasteiger partial charge in [0.1, 0.15) is 0 Å². The highest BCUT2D eigenvalue weighted by molar-refractivity contribution is 5.79. The molecule has 2 aromatic rings. The highest BCUT2D eigenvalue weighted by atomic mass is 16.5. The van der Waals surface area contributed by atoms with Gasteiger partial charge >= 0.3 is 0 Å². The number of guanidine groups is 1. The molecule has 0 spiro atoms. The summed E-state index contributed by atoms with van der Waals surface area (Å²) in [6.07, 6.45) is 0.957. The number of rotatable bonds is 8. The first-order valence-electron chi connectivity index (χ1n) is 8.55. The van der Waals surface area contributed by atoms with Gasteiger partial charge in [0.05, 0.1) is 13.7 Å². The van der Waals surface area contributed by atoms with Gasteiger partial charge in [-0.3, -0.25) is 4.99 Å². The Morgan fingerprint density at radius 1 is 1.00 bits per heavy atom. The van der Waals surface area contributed by atoms with Crippen molar-refractivity contribution in [3.8, 4) is 11.5 Å². The molecule has 0 bridgehead atoms. The van der Waals surface area contributed by atoms with Crippen LogP contribution in [0.4, 0.5) is 0 Å². The summed E-state index contributed by atoms with van der Waals surface area (Å²) in [4.78, 5) is 4.26. The smallest absolute Gasteiger partial charge is 0.191 e. The lowest BCUT2D eigenvalue weighted by Crippen LogP contribution is -2.37. The van der Waals surface area contributed by atoms with Crippen LogP contribution in [0, 0.1) is 0 Å². The van der Waals surface area contributed by atoms with Crippen molar-refractivity contribution in [3.63, 3.8) is 0 Å². The molecule has 0 aliphatic rings. The normalized spacial score (nSPS) is 11.1. The van der Waals surface area contributed by atoms with E-state index < -0.39 is 0 Å². The fraction of sp³-hybridized carbons (Fsp3) is 0.350. The van der Waals surface area contributed by atoms with Crippen molar-refractivity contribution in [1.29, 1.82) is 0 Å². The van der Waals surface area contributed by atoms with Crippen LogP contribution in [0.5, 0.6) is 11.5 Å². The van der Waals surface area contributed by atoms with Gasteiger partial charge in [0.15, 0.2) is 17.5 Å². The zero-order valence-electron chi connectivity index (χ0n) is 15.2. The molecule has 2 N–H and O–H groups in total. The van der Waals surface area contributed by atoms with E-state index in [1.807, 2.05) is 31.2 Å². The molecule has 0 aliphatic heterocycles. The third-order valence-corrected chi connectivity index (χ3v) is 3.76. The van der Waals surface area contributed by atoms with Crippen LogP contribution in [-0.2, 0) is 13.0 Å². The average molecular weight is 341 g/mol. The van der Waals surface area contributed by atoms with E-state index in [4.69, 9.17) is 9.47 Å². The minimum atomic E-state index is 0.617. The Morgan fingerprint density at radius 3 is 2.48 bits per heavy atom. The molecule has 134 valence electrons. The molecule has 0 saturated heterocycles. The molecule has 0 heterocycles. The van der Waals surface area contributed by atoms with E-state index in [1.54, 1.807) is 14.2 Å². The minimum Gasteiger partial charge on any atom is -0.493 e. The largest absolute Gasteiger partial charge is 0.493 e. The van der Waals surface area contributed by atoms with Gasteiger partial charge in [-0.25, -0.2) is 0 Å². The number of aliphatic imine (C=N–C) groups is 1. The van der Waals surface area contributed by atoms with E-state index >= 15 is 0 Å². The van der Waals surface area contributed by atoms with E-state index in [1.165, 1.54) is 5.56 Å². The lowest BCUT2D eigenvalue weighted by atomic mass is 10.1.